The third kappa shape index (κ3) is 4.05. The average molecular weight is 342 g/mol. The van der Waals surface area contributed by atoms with E-state index in [0.717, 1.165) is 36.7 Å². The number of hydrogen-bond acceptors (Lipinski definition) is 1. The second-order valence-corrected chi connectivity index (χ2v) is 7.64. The molecule has 0 radical (unpaired) electrons. The maximum Gasteiger partial charge on any atom is 0.137 e. The van der Waals surface area contributed by atoms with Crippen LogP contribution in [-0.2, 0) is 6.42 Å². The maximum atomic E-state index is 13.6. The Balaban J connectivity index is 2.08. The first-order valence-corrected chi connectivity index (χ1v) is 8.41. The predicted octanol–water partition coefficient (Wildman–Crippen LogP) is 5.06. The predicted molar refractivity (Wildman–Crippen MR) is 86.1 cm³/mol. The van der Waals surface area contributed by atoms with E-state index in [-0.39, 0.29) is 11.4 Å². The van der Waals surface area contributed by atoms with E-state index in [1.54, 1.807) is 6.07 Å². The molecule has 3 heteroatoms. The van der Waals surface area contributed by atoms with Gasteiger partial charge in [-0.3, -0.25) is 0 Å². The molecule has 0 heterocycles. The van der Waals surface area contributed by atoms with Crippen LogP contribution in [0.2, 0.25) is 0 Å². The van der Waals surface area contributed by atoms with Crippen LogP contribution in [0.25, 0.3) is 0 Å². The van der Waals surface area contributed by atoms with Crippen molar-refractivity contribution in [1.29, 1.82) is 0 Å². The zero-order valence-corrected chi connectivity index (χ0v) is 14.0. The van der Waals surface area contributed by atoms with Crippen molar-refractivity contribution < 1.29 is 4.39 Å². The summed E-state index contributed by atoms with van der Waals surface area (Å²) in [4.78, 5) is 0. The Kier molecular flexibility index (Phi) is 5.25. The van der Waals surface area contributed by atoms with Crippen LogP contribution in [0, 0.1) is 17.7 Å². The van der Waals surface area contributed by atoms with Crippen LogP contribution in [0.4, 0.5) is 4.39 Å². The minimum Gasteiger partial charge on any atom is -0.325 e. The molecule has 2 atom stereocenters. The Bertz CT molecular complexity index is 460. The van der Waals surface area contributed by atoms with Gasteiger partial charge in [-0.1, -0.05) is 38.8 Å². The fourth-order valence-electron chi connectivity index (χ4n) is 3.61. The molecule has 1 aliphatic carbocycles. The zero-order chi connectivity index (χ0) is 14.8. The van der Waals surface area contributed by atoms with Crippen LogP contribution in [-0.4, -0.2) is 5.54 Å². The van der Waals surface area contributed by atoms with E-state index in [0.29, 0.717) is 4.47 Å². The molecule has 1 saturated carbocycles. The summed E-state index contributed by atoms with van der Waals surface area (Å²) in [6.07, 6.45) is 6.62. The van der Waals surface area contributed by atoms with Gasteiger partial charge in [0.05, 0.1) is 4.47 Å². The molecule has 1 aromatic carbocycles. The van der Waals surface area contributed by atoms with Gasteiger partial charge in [0, 0.05) is 5.54 Å². The summed E-state index contributed by atoms with van der Waals surface area (Å²) in [7, 11) is 0. The minimum atomic E-state index is -0.194. The molecule has 2 N–H and O–H groups in total. The second kappa shape index (κ2) is 6.57. The SMILES string of the molecule is CC(C)CC1CCCC(N)(Cc2cccc(F)c2Br)C1. The molecule has 2 unspecified atom stereocenters. The number of hydrogen-bond donors (Lipinski definition) is 1. The second-order valence-electron chi connectivity index (χ2n) is 6.84. The van der Waals surface area contributed by atoms with Crippen molar-refractivity contribution in [3.8, 4) is 0 Å². The molecule has 0 bridgehead atoms. The van der Waals surface area contributed by atoms with E-state index in [9.17, 15) is 4.39 Å². The van der Waals surface area contributed by atoms with Gasteiger partial charge in [0.15, 0.2) is 0 Å². The summed E-state index contributed by atoms with van der Waals surface area (Å²) in [6.45, 7) is 4.55. The van der Waals surface area contributed by atoms with Crippen LogP contribution in [0.1, 0.15) is 51.5 Å². The van der Waals surface area contributed by atoms with Gasteiger partial charge in [0.1, 0.15) is 5.82 Å². The smallest absolute Gasteiger partial charge is 0.137 e. The number of rotatable bonds is 4. The average Bonchev–Trinajstić information content (AvgIpc) is 2.34. The number of benzene rings is 1. The third-order valence-electron chi connectivity index (χ3n) is 4.36. The molecule has 0 saturated heterocycles. The molecule has 0 aromatic heterocycles. The highest BCUT2D eigenvalue weighted by Crippen LogP contribution is 2.37. The summed E-state index contributed by atoms with van der Waals surface area (Å²) in [5, 5.41) is 0. The van der Waals surface area contributed by atoms with Gasteiger partial charge >= 0.3 is 0 Å². The lowest BCUT2D eigenvalue weighted by Gasteiger charge is -2.39. The molecular weight excluding hydrogens is 317 g/mol. The highest BCUT2D eigenvalue weighted by Gasteiger charge is 2.33. The van der Waals surface area contributed by atoms with Crippen LogP contribution < -0.4 is 5.73 Å². The monoisotopic (exact) mass is 341 g/mol. The van der Waals surface area contributed by atoms with Gasteiger partial charge in [-0.2, -0.15) is 0 Å². The largest absolute Gasteiger partial charge is 0.325 e. The molecule has 112 valence electrons. The maximum absolute atomic E-state index is 13.6. The van der Waals surface area contributed by atoms with Crippen molar-refractivity contribution in [3.05, 3.63) is 34.1 Å². The number of halogens is 2. The van der Waals surface area contributed by atoms with Crippen molar-refractivity contribution in [1.82, 2.24) is 0 Å². The number of nitrogens with two attached hydrogens (primary N) is 1. The van der Waals surface area contributed by atoms with Crippen molar-refractivity contribution in [2.45, 2.75) is 57.9 Å². The van der Waals surface area contributed by atoms with Crippen LogP contribution in [0.3, 0.4) is 0 Å². The molecule has 0 spiro atoms. The molecule has 1 nitrogen and oxygen atoms in total. The molecule has 1 fully saturated rings. The first-order valence-electron chi connectivity index (χ1n) is 7.61. The van der Waals surface area contributed by atoms with Crippen LogP contribution in [0.15, 0.2) is 22.7 Å². The minimum absolute atomic E-state index is 0.173. The Labute approximate surface area is 130 Å². The topological polar surface area (TPSA) is 26.0 Å². The van der Waals surface area contributed by atoms with Gasteiger partial charge < -0.3 is 5.73 Å². The van der Waals surface area contributed by atoms with Crippen molar-refractivity contribution in [2.24, 2.45) is 17.6 Å². The Morgan fingerprint density at radius 3 is 2.90 bits per heavy atom. The molecule has 2 rings (SSSR count). The van der Waals surface area contributed by atoms with E-state index in [1.165, 1.54) is 25.3 Å². The van der Waals surface area contributed by atoms with E-state index >= 15 is 0 Å². The summed E-state index contributed by atoms with van der Waals surface area (Å²) < 4.78 is 14.2. The summed E-state index contributed by atoms with van der Waals surface area (Å²) >= 11 is 3.36. The lowest BCUT2D eigenvalue weighted by molar-refractivity contribution is 0.200. The highest BCUT2D eigenvalue weighted by atomic mass is 79.9. The van der Waals surface area contributed by atoms with Gasteiger partial charge in [0.2, 0.25) is 0 Å². The van der Waals surface area contributed by atoms with Crippen LogP contribution in [0.5, 0.6) is 0 Å². The molecular formula is C17H25BrFN. The fourth-order valence-corrected chi connectivity index (χ4v) is 4.02. The Morgan fingerprint density at radius 1 is 1.45 bits per heavy atom. The molecule has 1 aromatic rings. The van der Waals surface area contributed by atoms with Crippen LogP contribution >= 0.6 is 15.9 Å². The first-order chi connectivity index (χ1) is 9.39. The summed E-state index contributed by atoms with van der Waals surface area (Å²) in [5.41, 5.74) is 7.46. The molecule has 20 heavy (non-hydrogen) atoms. The van der Waals surface area contributed by atoms with E-state index in [1.807, 2.05) is 6.07 Å². The van der Waals surface area contributed by atoms with Crippen molar-refractivity contribution >= 4 is 15.9 Å². The standard InChI is InChI=1S/C17H25BrFN/c1-12(2)9-13-5-4-8-17(20,10-13)11-14-6-3-7-15(19)16(14)18/h3,6-7,12-13H,4-5,8-11,20H2,1-2H3. The summed E-state index contributed by atoms with van der Waals surface area (Å²) in [5.74, 6) is 1.25. The molecule has 0 amide bonds. The van der Waals surface area contributed by atoms with Gasteiger partial charge in [-0.15, -0.1) is 0 Å². The van der Waals surface area contributed by atoms with Crippen molar-refractivity contribution in [2.75, 3.05) is 0 Å². The quantitative estimate of drug-likeness (QED) is 0.813. The lowest BCUT2D eigenvalue weighted by Crippen LogP contribution is -2.46. The zero-order valence-electron chi connectivity index (χ0n) is 12.5. The summed E-state index contributed by atoms with van der Waals surface area (Å²) in [6, 6.07) is 5.24. The molecule has 1 aliphatic rings. The Hall–Kier alpha value is -0.410. The van der Waals surface area contributed by atoms with Gasteiger partial charge in [-0.05, 0) is 65.1 Å². The first kappa shape index (κ1) is 16.0. The van der Waals surface area contributed by atoms with Crippen molar-refractivity contribution in [3.63, 3.8) is 0 Å². The van der Waals surface area contributed by atoms with E-state index in [4.69, 9.17) is 5.73 Å². The normalized spacial score (nSPS) is 27.0. The lowest BCUT2D eigenvalue weighted by atomic mass is 9.71. The fraction of sp³-hybridized carbons (Fsp3) is 0.647. The van der Waals surface area contributed by atoms with E-state index in [2.05, 4.69) is 29.8 Å². The van der Waals surface area contributed by atoms with Gasteiger partial charge in [-0.25, -0.2) is 4.39 Å². The third-order valence-corrected chi connectivity index (χ3v) is 5.25. The van der Waals surface area contributed by atoms with Gasteiger partial charge in [0.25, 0.3) is 0 Å². The molecule has 0 aliphatic heterocycles. The van der Waals surface area contributed by atoms with E-state index < -0.39 is 0 Å². The highest BCUT2D eigenvalue weighted by molar-refractivity contribution is 9.10. The Morgan fingerprint density at radius 2 is 2.20 bits per heavy atom.